The lowest BCUT2D eigenvalue weighted by molar-refractivity contribution is -0.139. The third kappa shape index (κ3) is 7.03. The van der Waals surface area contributed by atoms with Crippen LogP contribution in [0.1, 0.15) is 31.4 Å². The molecule has 0 radical (unpaired) electrons. The first-order chi connectivity index (χ1) is 15.4. The topological polar surface area (TPSA) is 95.6 Å². The molecule has 2 rings (SSSR count). The van der Waals surface area contributed by atoms with Crippen LogP contribution in [-0.4, -0.2) is 44.3 Å². The molecule has 0 aliphatic heterocycles. The average Bonchev–Trinajstić information content (AvgIpc) is 2.73. The largest absolute Gasteiger partial charge is 0.417 e. The highest BCUT2D eigenvalue weighted by atomic mass is 32.2. The predicted molar refractivity (Wildman–Crippen MR) is 118 cm³/mol. The Labute approximate surface area is 191 Å². The maximum Gasteiger partial charge on any atom is 0.417 e. The highest BCUT2D eigenvalue weighted by Crippen LogP contribution is 2.33. The summed E-state index contributed by atoms with van der Waals surface area (Å²) in [6.45, 7) is 4.61. The Kier molecular flexibility index (Phi) is 8.62. The smallest absolute Gasteiger partial charge is 0.332 e. The zero-order chi connectivity index (χ0) is 24.8. The summed E-state index contributed by atoms with van der Waals surface area (Å²) in [5.41, 5.74) is 0.0627. The number of carbonyl (C=O) groups excluding carboxylic acids is 2. The Hall–Kier alpha value is -2.92. The number of benzene rings is 2. The minimum atomic E-state index is -4.89. The molecule has 0 spiro atoms. The van der Waals surface area contributed by atoms with Gasteiger partial charge in [0.15, 0.2) is 0 Å². The normalized spacial score (nSPS) is 12.8. The van der Waals surface area contributed by atoms with Gasteiger partial charge in [0.1, 0.15) is 0 Å². The first-order valence-corrected chi connectivity index (χ1v) is 11.7. The van der Waals surface area contributed by atoms with Crippen molar-refractivity contribution in [1.82, 2.24) is 9.62 Å². The first-order valence-electron chi connectivity index (χ1n) is 10.2. The van der Waals surface area contributed by atoms with Crippen molar-refractivity contribution in [2.75, 3.05) is 18.4 Å². The number of aryl methyl sites for hydroxylation is 1. The summed E-state index contributed by atoms with van der Waals surface area (Å²) >= 11 is 0. The van der Waals surface area contributed by atoms with Gasteiger partial charge in [-0.1, -0.05) is 37.3 Å². The lowest BCUT2D eigenvalue weighted by atomic mass is 10.2. The molecule has 2 amide bonds. The molecule has 0 bridgehead atoms. The van der Waals surface area contributed by atoms with Crippen molar-refractivity contribution in [3.05, 3.63) is 59.7 Å². The minimum absolute atomic E-state index is 0.158. The number of halogens is 3. The van der Waals surface area contributed by atoms with Crippen LogP contribution >= 0.6 is 0 Å². The lowest BCUT2D eigenvalue weighted by Crippen LogP contribution is -2.49. The van der Waals surface area contributed by atoms with Gasteiger partial charge >= 0.3 is 6.18 Å². The summed E-state index contributed by atoms with van der Waals surface area (Å²) in [6.07, 6.45) is -4.40. The molecule has 180 valence electrons. The van der Waals surface area contributed by atoms with Crippen LogP contribution in [-0.2, 0) is 25.8 Å². The molecule has 2 N–H and O–H groups in total. The number of nitrogens with one attached hydrogen (secondary N) is 2. The van der Waals surface area contributed by atoms with Crippen molar-refractivity contribution >= 4 is 27.5 Å². The zero-order valence-electron chi connectivity index (χ0n) is 18.4. The fraction of sp³-hybridized carbons (Fsp3) is 0.364. The quantitative estimate of drug-likeness (QED) is 0.568. The van der Waals surface area contributed by atoms with E-state index in [1.54, 1.807) is 32.0 Å². The monoisotopic (exact) mass is 485 g/mol. The number of carbonyl (C=O) groups is 2. The lowest BCUT2D eigenvalue weighted by Gasteiger charge is -2.26. The molecule has 1 atom stereocenters. The van der Waals surface area contributed by atoms with Gasteiger partial charge in [-0.3, -0.25) is 9.59 Å². The van der Waals surface area contributed by atoms with E-state index < -0.39 is 44.5 Å². The summed E-state index contributed by atoms with van der Waals surface area (Å²) in [4.78, 5) is 25.5. The number of anilines is 1. The van der Waals surface area contributed by atoms with E-state index in [1.807, 2.05) is 10.8 Å². The number of hydrogen-bond acceptors (Lipinski definition) is 4. The fourth-order valence-electron chi connectivity index (χ4n) is 3.17. The maximum atomic E-state index is 13.2. The number of nitrogens with zero attached hydrogens (tertiary/aromatic N) is 1. The van der Waals surface area contributed by atoms with Gasteiger partial charge in [0, 0.05) is 12.2 Å². The van der Waals surface area contributed by atoms with Crippen molar-refractivity contribution in [1.29, 1.82) is 0 Å². The standard InChI is InChI=1S/C22H26F3N3O4S/c1-4-13-28(14-20(29)26-18-11-7-5-9-15(18)2)21(30)16(3)27-33(31,32)19-12-8-6-10-17(19)22(23,24)25/h5-12,16,27H,4,13-14H2,1-3H3,(H,26,29). The highest BCUT2D eigenvalue weighted by molar-refractivity contribution is 7.89. The second kappa shape index (κ2) is 10.8. The Morgan fingerprint density at radius 2 is 1.67 bits per heavy atom. The van der Waals surface area contributed by atoms with E-state index in [0.717, 1.165) is 28.7 Å². The minimum Gasteiger partial charge on any atom is -0.332 e. The summed E-state index contributed by atoms with van der Waals surface area (Å²) in [7, 11) is -4.67. The Bertz CT molecular complexity index is 1100. The van der Waals surface area contributed by atoms with Crippen LogP contribution in [0.25, 0.3) is 0 Å². The molecule has 1 unspecified atom stereocenters. The molecule has 0 aromatic heterocycles. The number of rotatable bonds is 9. The second-order valence-electron chi connectivity index (χ2n) is 7.46. The number of amides is 2. The number of sulfonamides is 1. The Balaban J connectivity index is 2.17. The van der Waals surface area contributed by atoms with E-state index in [0.29, 0.717) is 18.2 Å². The van der Waals surface area contributed by atoms with Gasteiger partial charge in [-0.05, 0) is 44.0 Å². The Morgan fingerprint density at radius 3 is 2.27 bits per heavy atom. The van der Waals surface area contributed by atoms with Gasteiger partial charge in [-0.25, -0.2) is 8.42 Å². The fourth-order valence-corrected chi connectivity index (χ4v) is 4.59. The number of para-hydroxylation sites is 1. The van der Waals surface area contributed by atoms with Gasteiger partial charge in [0.2, 0.25) is 21.8 Å². The van der Waals surface area contributed by atoms with E-state index in [9.17, 15) is 31.2 Å². The van der Waals surface area contributed by atoms with Crippen molar-refractivity contribution in [3.8, 4) is 0 Å². The van der Waals surface area contributed by atoms with E-state index >= 15 is 0 Å². The zero-order valence-corrected chi connectivity index (χ0v) is 19.3. The number of alkyl halides is 3. The first kappa shape index (κ1) is 26.3. The van der Waals surface area contributed by atoms with Crippen LogP contribution in [0.4, 0.5) is 18.9 Å². The summed E-state index contributed by atoms with van der Waals surface area (Å²) < 4.78 is 67.0. The van der Waals surface area contributed by atoms with Crippen LogP contribution in [0.15, 0.2) is 53.4 Å². The van der Waals surface area contributed by atoms with Crippen LogP contribution in [0.3, 0.4) is 0 Å². The molecular formula is C22H26F3N3O4S. The van der Waals surface area contributed by atoms with Gasteiger partial charge in [0.25, 0.3) is 0 Å². The molecule has 2 aromatic rings. The molecule has 11 heteroatoms. The Morgan fingerprint density at radius 1 is 1.06 bits per heavy atom. The van der Waals surface area contributed by atoms with Crippen molar-refractivity contribution in [2.24, 2.45) is 0 Å². The highest BCUT2D eigenvalue weighted by Gasteiger charge is 2.38. The van der Waals surface area contributed by atoms with E-state index in [4.69, 9.17) is 0 Å². The summed E-state index contributed by atoms with van der Waals surface area (Å²) in [6, 6.07) is 9.38. The molecule has 0 aliphatic carbocycles. The van der Waals surface area contributed by atoms with Crippen LogP contribution in [0, 0.1) is 6.92 Å². The van der Waals surface area contributed by atoms with Gasteiger partial charge < -0.3 is 10.2 Å². The van der Waals surface area contributed by atoms with E-state index in [1.165, 1.54) is 6.92 Å². The molecule has 0 saturated heterocycles. The molecule has 0 fully saturated rings. The maximum absolute atomic E-state index is 13.2. The molecule has 2 aromatic carbocycles. The van der Waals surface area contributed by atoms with Crippen molar-refractivity contribution in [2.45, 2.75) is 44.3 Å². The van der Waals surface area contributed by atoms with E-state index in [-0.39, 0.29) is 13.1 Å². The van der Waals surface area contributed by atoms with Crippen LogP contribution < -0.4 is 10.0 Å². The predicted octanol–water partition coefficient (Wildman–Crippen LogP) is 3.56. The van der Waals surface area contributed by atoms with Gasteiger partial charge in [-0.15, -0.1) is 0 Å². The van der Waals surface area contributed by atoms with E-state index in [2.05, 4.69) is 5.32 Å². The van der Waals surface area contributed by atoms with Gasteiger partial charge in [0.05, 0.1) is 23.0 Å². The van der Waals surface area contributed by atoms with Gasteiger partial charge in [-0.2, -0.15) is 17.9 Å². The molecule has 0 saturated carbocycles. The van der Waals surface area contributed by atoms with Crippen molar-refractivity contribution < 1.29 is 31.2 Å². The number of hydrogen-bond donors (Lipinski definition) is 2. The molecule has 33 heavy (non-hydrogen) atoms. The SMILES string of the molecule is CCCN(CC(=O)Nc1ccccc1C)C(=O)C(C)NS(=O)(=O)c1ccccc1C(F)(F)F. The molecule has 7 nitrogen and oxygen atoms in total. The van der Waals surface area contributed by atoms with Crippen LogP contribution in [0.5, 0.6) is 0 Å². The average molecular weight is 486 g/mol. The summed E-state index contributed by atoms with van der Waals surface area (Å²) in [5, 5.41) is 2.69. The third-order valence-electron chi connectivity index (χ3n) is 4.74. The van der Waals surface area contributed by atoms with Crippen LogP contribution in [0.2, 0.25) is 0 Å². The second-order valence-corrected chi connectivity index (χ2v) is 9.14. The summed E-state index contributed by atoms with van der Waals surface area (Å²) in [5.74, 6) is -1.21. The molecule has 0 aliphatic rings. The molecular weight excluding hydrogens is 459 g/mol. The van der Waals surface area contributed by atoms with Crippen molar-refractivity contribution in [3.63, 3.8) is 0 Å². The third-order valence-corrected chi connectivity index (χ3v) is 6.34. The molecule has 0 heterocycles.